The molecule has 4 nitrogen and oxygen atoms in total. The van der Waals surface area contributed by atoms with Crippen molar-refractivity contribution >= 4 is 5.97 Å². The molecule has 1 unspecified atom stereocenters. The summed E-state index contributed by atoms with van der Waals surface area (Å²) in [4.78, 5) is 10.6. The maximum Gasteiger partial charge on any atom is 0.320 e. The number of carboxylic acid groups (broad SMARTS) is 1. The molecule has 0 aromatic heterocycles. The minimum atomic E-state index is -0.938. The first-order valence-corrected chi connectivity index (χ1v) is 6.14. The van der Waals surface area contributed by atoms with E-state index in [1.165, 1.54) is 0 Å². The largest absolute Gasteiger partial charge is 0.480 e. The molecule has 0 aromatic rings. The van der Waals surface area contributed by atoms with Gasteiger partial charge in [-0.2, -0.15) is 0 Å². The molecular formula is C12H23NO3. The van der Waals surface area contributed by atoms with Crippen LogP contribution < -0.4 is 5.73 Å². The summed E-state index contributed by atoms with van der Waals surface area (Å²) in [6, 6.07) is -0.770. The summed E-state index contributed by atoms with van der Waals surface area (Å²) in [5.41, 5.74) is 4.99. The lowest BCUT2D eigenvalue weighted by Crippen LogP contribution is -2.32. The third-order valence-electron chi connectivity index (χ3n) is 3.61. The Hall–Kier alpha value is -0.610. The molecule has 1 fully saturated rings. The van der Waals surface area contributed by atoms with Crippen LogP contribution in [0.2, 0.25) is 0 Å². The van der Waals surface area contributed by atoms with Crippen molar-refractivity contribution < 1.29 is 15.0 Å². The normalized spacial score (nSPS) is 22.9. The van der Waals surface area contributed by atoms with Gasteiger partial charge in [-0.15, -0.1) is 0 Å². The summed E-state index contributed by atoms with van der Waals surface area (Å²) >= 11 is 0. The van der Waals surface area contributed by atoms with Gasteiger partial charge in [0, 0.05) is 0 Å². The Balaban J connectivity index is 2.24. The first-order chi connectivity index (χ1) is 7.43. The van der Waals surface area contributed by atoms with Gasteiger partial charge in [0.2, 0.25) is 0 Å². The van der Waals surface area contributed by atoms with Crippen molar-refractivity contribution in [3.8, 4) is 0 Å². The van der Waals surface area contributed by atoms with Gasteiger partial charge in [0.15, 0.2) is 0 Å². The highest BCUT2D eigenvalue weighted by Crippen LogP contribution is 2.34. The number of aliphatic hydroxyl groups is 1. The predicted molar refractivity (Wildman–Crippen MR) is 62.0 cm³/mol. The fourth-order valence-electron chi connectivity index (χ4n) is 2.45. The molecule has 0 aromatic carbocycles. The molecule has 1 aliphatic rings. The van der Waals surface area contributed by atoms with Crippen LogP contribution in [-0.2, 0) is 4.79 Å². The average Bonchev–Trinajstić information content (AvgIpc) is 2.63. The molecule has 1 saturated carbocycles. The first kappa shape index (κ1) is 13.5. The summed E-state index contributed by atoms with van der Waals surface area (Å²) < 4.78 is 0. The Morgan fingerprint density at radius 3 is 2.50 bits per heavy atom. The molecule has 94 valence electrons. The highest BCUT2D eigenvalue weighted by atomic mass is 16.4. The van der Waals surface area contributed by atoms with Gasteiger partial charge >= 0.3 is 5.97 Å². The van der Waals surface area contributed by atoms with Crippen molar-refractivity contribution in [1.29, 1.82) is 0 Å². The summed E-state index contributed by atoms with van der Waals surface area (Å²) in [6.45, 7) is 2.00. The van der Waals surface area contributed by atoms with E-state index in [2.05, 4.69) is 0 Å². The standard InChI is InChI=1S/C12H23NO3/c1-9(8-10(13)11(14)15)4-7-12(16)5-2-3-6-12/h9-10,16H,2-8,13H2,1H3,(H,14,15)/t9?,10-/m1/s1. The highest BCUT2D eigenvalue weighted by molar-refractivity contribution is 5.72. The van der Waals surface area contributed by atoms with E-state index in [1.807, 2.05) is 6.92 Å². The van der Waals surface area contributed by atoms with Gasteiger partial charge in [0.05, 0.1) is 5.60 Å². The van der Waals surface area contributed by atoms with E-state index in [-0.39, 0.29) is 5.92 Å². The van der Waals surface area contributed by atoms with Crippen molar-refractivity contribution in [2.75, 3.05) is 0 Å². The lowest BCUT2D eigenvalue weighted by atomic mass is 9.89. The van der Waals surface area contributed by atoms with Crippen LogP contribution in [0.3, 0.4) is 0 Å². The van der Waals surface area contributed by atoms with E-state index in [9.17, 15) is 9.90 Å². The molecule has 1 aliphatic carbocycles. The van der Waals surface area contributed by atoms with Gasteiger partial charge in [-0.25, -0.2) is 0 Å². The molecule has 0 saturated heterocycles. The van der Waals surface area contributed by atoms with Crippen LogP contribution in [0.15, 0.2) is 0 Å². The van der Waals surface area contributed by atoms with Crippen molar-refractivity contribution in [3.05, 3.63) is 0 Å². The molecule has 0 amide bonds. The number of nitrogens with two attached hydrogens (primary N) is 1. The predicted octanol–water partition coefficient (Wildman–Crippen LogP) is 1.51. The number of carboxylic acids is 1. The van der Waals surface area contributed by atoms with Crippen LogP contribution in [0.4, 0.5) is 0 Å². The van der Waals surface area contributed by atoms with Gasteiger partial charge in [-0.05, 0) is 38.0 Å². The van der Waals surface area contributed by atoms with E-state index in [4.69, 9.17) is 10.8 Å². The Kier molecular flexibility index (Phi) is 4.74. The number of carbonyl (C=O) groups is 1. The molecule has 0 aliphatic heterocycles. The monoisotopic (exact) mass is 229 g/mol. The Labute approximate surface area is 96.8 Å². The molecule has 16 heavy (non-hydrogen) atoms. The summed E-state index contributed by atoms with van der Waals surface area (Å²) in [5, 5.41) is 18.8. The second-order valence-electron chi connectivity index (χ2n) is 5.26. The molecule has 0 heterocycles. The minimum absolute atomic E-state index is 0.260. The molecular weight excluding hydrogens is 206 g/mol. The number of hydrogen-bond acceptors (Lipinski definition) is 3. The quantitative estimate of drug-likeness (QED) is 0.644. The second-order valence-corrected chi connectivity index (χ2v) is 5.26. The van der Waals surface area contributed by atoms with Crippen LogP contribution >= 0.6 is 0 Å². The van der Waals surface area contributed by atoms with Crippen LogP contribution in [-0.4, -0.2) is 27.8 Å². The molecule has 0 bridgehead atoms. The van der Waals surface area contributed by atoms with Crippen molar-refractivity contribution in [3.63, 3.8) is 0 Å². The fraction of sp³-hybridized carbons (Fsp3) is 0.917. The zero-order valence-corrected chi connectivity index (χ0v) is 9.98. The SMILES string of the molecule is CC(CCC1(O)CCCC1)C[C@@H](N)C(=O)O. The third-order valence-corrected chi connectivity index (χ3v) is 3.61. The van der Waals surface area contributed by atoms with Gasteiger partial charge < -0.3 is 15.9 Å². The maximum atomic E-state index is 10.6. The van der Waals surface area contributed by atoms with Crippen molar-refractivity contribution in [2.45, 2.75) is 63.5 Å². The summed E-state index contributed by atoms with van der Waals surface area (Å²) in [6.07, 6.45) is 6.14. The Morgan fingerprint density at radius 2 is 2.00 bits per heavy atom. The summed E-state index contributed by atoms with van der Waals surface area (Å²) in [5.74, 6) is -0.679. The Morgan fingerprint density at radius 1 is 1.44 bits per heavy atom. The first-order valence-electron chi connectivity index (χ1n) is 6.14. The maximum absolute atomic E-state index is 10.6. The molecule has 2 atom stereocenters. The smallest absolute Gasteiger partial charge is 0.320 e. The molecule has 4 N–H and O–H groups in total. The minimum Gasteiger partial charge on any atom is -0.480 e. The number of aliphatic carboxylic acids is 1. The van der Waals surface area contributed by atoms with Gasteiger partial charge in [-0.1, -0.05) is 19.8 Å². The molecule has 1 rings (SSSR count). The third kappa shape index (κ3) is 4.10. The van der Waals surface area contributed by atoms with E-state index in [0.29, 0.717) is 6.42 Å². The number of rotatable bonds is 6. The molecule has 0 spiro atoms. The van der Waals surface area contributed by atoms with E-state index < -0.39 is 17.6 Å². The van der Waals surface area contributed by atoms with Crippen LogP contribution in [0.1, 0.15) is 51.9 Å². The van der Waals surface area contributed by atoms with Crippen molar-refractivity contribution in [1.82, 2.24) is 0 Å². The Bertz CT molecular complexity index is 236. The van der Waals surface area contributed by atoms with E-state index in [0.717, 1.165) is 38.5 Å². The molecule has 4 heteroatoms. The summed E-state index contributed by atoms with van der Waals surface area (Å²) in [7, 11) is 0. The topological polar surface area (TPSA) is 83.5 Å². The van der Waals surface area contributed by atoms with E-state index >= 15 is 0 Å². The highest BCUT2D eigenvalue weighted by Gasteiger charge is 2.31. The number of hydrogen-bond donors (Lipinski definition) is 3. The fourth-order valence-corrected chi connectivity index (χ4v) is 2.45. The lowest BCUT2D eigenvalue weighted by Gasteiger charge is -2.24. The van der Waals surface area contributed by atoms with Gasteiger partial charge in [0.1, 0.15) is 6.04 Å². The molecule has 0 radical (unpaired) electrons. The average molecular weight is 229 g/mol. The van der Waals surface area contributed by atoms with E-state index in [1.54, 1.807) is 0 Å². The zero-order valence-electron chi connectivity index (χ0n) is 9.98. The van der Waals surface area contributed by atoms with Crippen molar-refractivity contribution in [2.24, 2.45) is 11.7 Å². The van der Waals surface area contributed by atoms with Gasteiger partial charge in [0.25, 0.3) is 0 Å². The lowest BCUT2D eigenvalue weighted by molar-refractivity contribution is -0.138. The van der Waals surface area contributed by atoms with Crippen LogP contribution in [0, 0.1) is 5.92 Å². The van der Waals surface area contributed by atoms with Crippen LogP contribution in [0.5, 0.6) is 0 Å². The zero-order chi connectivity index (χ0) is 12.2. The van der Waals surface area contributed by atoms with Crippen LogP contribution in [0.25, 0.3) is 0 Å². The second kappa shape index (κ2) is 5.64. The van der Waals surface area contributed by atoms with Gasteiger partial charge in [-0.3, -0.25) is 4.79 Å².